The fraction of sp³-hybridized carbons (Fsp3) is 0.407. The van der Waals surface area contributed by atoms with E-state index in [0.717, 1.165) is 49.7 Å². The third-order valence-corrected chi connectivity index (χ3v) is 7.18. The lowest BCUT2D eigenvalue weighted by molar-refractivity contribution is -0.141. The molecule has 1 unspecified atom stereocenters. The molecular weight excluding hydrogens is 454 g/mol. The number of aliphatic hydroxyl groups excluding tert-OH is 1. The summed E-state index contributed by atoms with van der Waals surface area (Å²) in [6, 6.07) is 10.2. The van der Waals surface area contributed by atoms with Crippen LogP contribution in [-0.4, -0.2) is 42.0 Å². The largest absolute Gasteiger partial charge is 0.507 e. The Balaban J connectivity index is 1.92. The van der Waals surface area contributed by atoms with E-state index in [1.165, 1.54) is 26.4 Å². The summed E-state index contributed by atoms with van der Waals surface area (Å²) in [5, 5.41) is 11.8. The number of carbonyl (C=O) groups is 2. The molecule has 34 heavy (non-hydrogen) atoms. The predicted molar refractivity (Wildman–Crippen MR) is 131 cm³/mol. The number of amides is 1. The third kappa shape index (κ3) is 4.27. The summed E-state index contributed by atoms with van der Waals surface area (Å²) in [7, 11) is 2.92. The van der Waals surface area contributed by atoms with Crippen molar-refractivity contribution in [2.24, 2.45) is 0 Å². The summed E-state index contributed by atoms with van der Waals surface area (Å²) in [6.07, 6.45) is 5.71. The van der Waals surface area contributed by atoms with Crippen molar-refractivity contribution in [3.05, 3.63) is 63.7 Å². The first-order valence-corrected chi connectivity index (χ1v) is 12.1. The Bertz CT molecular complexity index is 1120. The standard InChI is InChI=1S/C27H30ClNO5/c1-4-16-10-12-17(13-11-16)24-23(26(31)27(32)29(24)18-8-6-5-7-9-18)25(30)19-14-22(34-3)20(28)15-21(19)33-2/h10-15,18,24,30H,4-9H2,1-3H3/b25-23+. The predicted octanol–water partition coefficient (Wildman–Crippen LogP) is 5.67. The molecule has 1 aliphatic heterocycles. The van der Waals surface area contributed by atoms with E-state index < -0.39 is 17.7 Å². The van der Waals surface area contributed by atoms with E-state index in [2.05, 4.69) is 6.92 Å². The number of nitrogens with zero attached hydrogens (tertiary/aromatic N) is 1. The number of ketones is 1. The van der Waals surface area contributed by atoms with Crippen molar-refractivity contribution in [2.45, 2.75) is 57.5 Å². The highest BCUT2D eigenvalue weighted by Crippen LogP contribution is 2.45. The SMILES string of the molecule is CCc1ccc(C2/C(=C(\O)c3cc(OC)c(Cl)cc3OC)C(=O)C(=O)N2C2CCCCC2)cc1. The van der Waals surface area contributed by atoms with Crippen LogP contribution in [0.5, 0.6) is 11.5 Å². The molecule has 0 bridgehead atoms. The van der Waals surface area contributed by atoms with E-state index in [0.29, 0.717) is 10.8 Å². The van der Waals surface area contributed by atoms with E-state index >= 15 is 0 Å². The first-order valence-electron chi connectivity index (χ1n) is 11.7. The van der Waals surface area contributed by atoms with Crippen LogP contribution in [0.4, 0.5) is 0 Å². The number of rotatable bonds is 6. The zero-order valence-corrected chi connectivity index (χ0v) is 20.5. The number of hydrogen-bond donors (Lipinski definition) is 1. The van der Waals surface area contributed by atoms with Crippen molar-refractivity contribution in [3.63, 3.8) is 0 Å². The first kappa shape index (κ1) is 24.1. The van der Waals surface area contributed by atoms with E-state index in [1.807, 2.05) is 24.3 Å². The average Bonchev–Trinajstić information content (AvgIpc) is 3.14. The van der Waals surface area contributed by atoms with Crippen molar-refractivity contribution < 1.29 is 24.2 Å². The second-order valence-electron chi connectivity index (χ2n) is 8.78. The average molecular weight is 484 g/mol. The third-order valence-electron chi connectivity index (χ3n) is 6.88. The number of Topliss-reactive ketones (excluding diaryl/α,β-unsaturated/α-hetero) is 1. The molecule has 6 nitrogen and oxygen atoms in total. The number of hydrogen-bond acceptors (Lipinski definition) is 5. The van der Waals surface area contributed by atoms with Gasteiger partial charge < -0.3 is 19.5 Å². The molecule has 2 fully saturated rings. The molecule has 1 aliphatic carbocycles. The van der Waals surface area contributed by atoms with Gasteiger partial charge in [-0.1, -0.05) is 62.1 Å². The number of aliphatic hydroxyl groups is 1. The first-order chi connectivity index (χ1) is 16.4. The number of aryl methyl sites for hydroxylation is 1. The van der Waals surface area contributed by atoms with E-state index in [-0.39, 0.29) is 28.7 Å². The number of methoxy groups -OCH3 is 2. The molecule has 0 radical (unpaired) electrons. The van der Waals surface area contributed by atoms with Gasteiger partial charge in [0.25, 0.3) is 11.7 Å². The van der Waals surface area contributed by atoms with Crippen LogP contribution in [0.2, 0.25) is 5.02 Å². The van der Waals surface area contributed by atoms with Gasteiger partial charge in [0.1, 0.15) is 17.3 Å². The Morgan fingerprint density at radius 1 is 1.03 bits per heavy atom. The lowest BCUT2D eigenvalue weighted by Gasteiger charge is -2.35. The molecule has 2 aromatic carbocycles. The molecule has 1 amide bonds. The van der Waals surface area contributed by atoms with E-state index in [4.69, 9.17) is 21.1 Å². The van der Waals surface area contributed by atoms with Crippen molar-refractivity contribution in [1.82, 2.24) is 4.90 Å². The van der Waals surface area contributed by atoms with E-state index in [1.54, 1.807) is 4.90 Å². The van der Waals surface area contributed by atoms with Crippen LogP contribution in [0.15, 0.2) is 42.0 Å². The zero-order valence-electron chi connectivity index (χ0n) is 19.8. The Morgan fingerprint density at radius 2 is 1.68 bits per heavy atom. The van der Waals surface area contributed by atoms with Crippen LogP contribution in [0.25, 0.3) is 5.76 Å². The molecule has 0 aromatic heterocycles. The summed E-state index contributed by atoms with van der Waals surface area (Å²) in [4.78, 5) is 28.4. The quantitative estimate of drug-likeness (QED) is 0.325. The van der Waals surface area contributed by atoms with Gasteiger partial charge in [-0.05, 0) is 36.5 Å². The molecule has 2 aromatic rings. The Morgan fingerprint density at radius 3 is 2.26 bits per heavy atom. The minimum absolute atomic E-state index is 0.0481. The minimum atomic E-state index is -0.691. The Kier molecular flexibility index (Phi) is 7.17. The zero-order chi connectivity index (χ0) is 24.4. The summed E-state index contributed by atoms with van der Waals surface area (Å²) in [5.74, 6) is -0.948. The number of benzene rings is 2. The van der Waals surface area contributed by atoms with Crippen molar-refractivity contribution in [3.8, 4) is 11.5 Å². The molecule has 1 saturated heterocycles. The molecule has 2 aliphatic rings. The van der Waals surface area contributed by atoms with Crippen LogP contribution in [0.1, 0.15) is 61.8 Å². The molecular formula is C27H30ClNO5. The molecule has 0 spiro atoms. The highest BCUT2D eigenvalue weighted by atomic mass is 35.5. The summed E-state index contributed by atoms with van der Waals surface area (Å²) in [6.45, 7) is 2.07. The Hall–Kier alpha value is -2.99. The van der Waals surface area contributed by atoms with Crippen LogP contribution in [0, 0.1) is 0 Å². The highest BCUT2D eigenvalue weighted by Gasteiger charge is 2.49. The van der Waals surface area contributed by atoms with Gasteiger partial charge in [-0.25, -0.2) is 0 Å². The maximum atomic E-state index is 13.4. The van der Waals surface area contributed by atoms with Crippen molar-refractivity contribution >= 4 is 29.1 Å². The summed E-state index contributed by atoms with van der Waals surface area (Å²) >= 11 is 6.24. The maximum absolute atomic E-state index is 13.4. The van der Waals surface area contributed by atoms with Crippen LogP contribution < -0.4 is 9.47 Å². The van der Waals surface area contributed by atoms with Crippen molar-refractivity contribution in [2.75, 3.05) is 14.2 Å². The summed E-state index contributed by atoms with van der Waals surface area (Å²) < 4.78 is 10.8. The van der Waals surface area contributed by atoms with Gasteiger partial charge in [-0.3, -0.25) is 9.59 Å². The van der Waals surface area contributed by atoms with Crippen LogP contribution in [-0.2, 0) is 16.0 Å². The smallest absolute Gasteiger partial charge is 0.295 e. The number of ether oxygens (including phenoxy) is 2. The molecule has 1 heterocycles. The van der Waals surface area contributed by atoms with Gasteiger partial charge in [0.15, 0.2) is 0 Å². The number of likely N-dealkylation sites (tertiary alicyclic amines) is 1. The molecule has 4 rings (SSSR count). The maximum Gasteiger partial charge on any atom is 0.295 e. The van der Waals surface area contributed by atoms with Gasteiger partial charge in [0.2, 0.25) is 0 Å². The molecule has 1 saturated carbocycles. The molecule has 180 valence electrons. The monoisotopic (exact) mass is 483 g/mol. The fourth-order valence-corrected chi connectivity index (χ4v) is 5.27. The van der Waals surface area contributed by atoms with E-state index in [9.17, 15) is 14.7 Å². The van der Waals surface area contributed by atoms with Gasteiger partial charge in [-0.2, -0.15) is 0 Å². The van der Waals surface area contributed by atoms with Gasteiger partial charge in [0, 0.05) is 12.1 Å². The second kappa shape index (κ2) is 10.1. The normalized spacial score (nSPS) is 20.6. The number of carbonyl (C=O) groups excluding carboxylic acids is 2. The number of halogens is 1. The lowest BCUT2D eigenvalue weighted by Crippen LogP contribution is -2.40. The minimum Gasteiger partial charge on any atom is -0.507 e. The van der Waals surface area contributed by atoms with Crippen molar-refractivity contribution in [1.29, 1.82) is 0 Å². The lowest BCUT2D eigenvalue weighted by atomic mass is 9.90. The summed E-state index contributed by atoms with van der Waals surface area (Å²) in [5.41, 5.74) is 2.26. The van der Waals surface area contributed by atoms with Crippen LogP contribution >= 0.6 is 11.6 Å². The molecule has 1 atom stereocenters. The topological polar surface area (TPSA) is 76.1 Å². The van der Waals surface area contributed by atoms with Crippen LogP contribution in [0.3, 0.4) is 0 Å². The van der Waals surface area contributed by atoms with Gasteiger partial charge in [-0.15, -0.1) is 0 Å². The molecule has 7 heteroatoms. The fourth-order valence-electron chi connectivity index (χ4n) is 5.04. The molecule has 1 N–H and O–H groups in total. The van der Waals surface area contributed by atoms with Gasteiger partial charge >= 0.3 is 0 Å². The Labute approximate surface area is 205 Å². The second-order valence-corrected chi connectivity index (χ2v) is 9.19. The van der Waals surface area contributed by atoms with Gasteiger partial charge in [0.05, 0.1) is 36.4 Å². The highest BCUT2D eigenvalue weighted by molar-refractivity contribution is 6.46.